The fourth-order valence-electron chi connectivity index (χ4n) is 2.41. The summed E-state index contributed by atoms with van der Waals surface area (Å²) in [5.41, 5.74) is 0.150. The van der Waals surface area contributed by atoms with Crippen LogP contribution in [0.1, 0.15) is 19.8 Å². The third kappa shape index (κ3) is 2.61. The van der Waals surface area contributed by atoms with Crippen LogP contribution in [-0.2, 0) is 0 Å². The van der Waals surface area contributed by atoms with Gasteiger partial charge in [-0.3, -0.25) is 0 Å². The molecule has 1 saturated heterocycles. The Morgan fingerprint density at radius 1 is 1.28 bits per heavy atom. The quantitative estimate of drug-likeness (QED) is 0.839. The van der Waals surface area contributed by atoms with Crippen molar-refractivity contribution in [1.29, 1.82) is 0 Å². The molecular weight excluding hydrogens is 241 g/mol. The Balaban J connectivity index is 2.18. The number of piperidine rings is 1. The second kappa shape index (κ2) is 5.61. The van der Waals surface area contributed by atoms with Crippen molar-refractivity contribution in [3.63, 3.8) is 0 Å². The van der Waals surface area contributed by atoms with E-state index in [1.165, 1.54) is 6.07 Å². The van der Waals surface area contributed by atoms with Crippen molar-refractivity contribution in [2.24, 2.45) is 0 Å². The third-order valence-corrected chi connectivity index (χ3v) is 3.27. The first-order valence-corrected chi connectivity index (χ1v) is 6.25. The molecule has 18 heavy (non-hydrogen) atoms. The average molecular weight is 258 g/mol. The van der Waals surface area contributed by atoms with E-state index in [2.05, 4.69) is 5.32 Å². The number of likely N-dealkylation sites (N-methyl/N-ethyl adjacent to an activating group) is 1. The summed E-state index contributed by atoms with van der Waals surface area (Å²) >= 11 is 0. The minimum absolute atomic E-state index is 0.150. The molecule has 0 aliphatic carbocycles. The molecule has 2 rings (SSSR count). The molecule has 100 valence electrons. The van der Waals surface area contributed by atoms with Gasteiger partial charge in [0.1, 0.15) is 0 Å². The molecule has 1 fully saturated rings. The number of anilines is 1. The Bertz CT molecular complexity index is 421. The number of hydrogen-bond donors (Lipinski definition) is 1. The van der Waals surface area contributed by atoms with E-state index < -0.39 is 17.5 Å². The predicted octanol–water partition coefficient (Wildman–Crippen LogP) is 2.68. The molecule has 1 aromatic carbocycles. The van der Waals surface area contributed by atoms with Crippen LogP contribution in [0, 0.1) is 17.5 Å². The first kappa shape index (κ1) is 13.2. The average Bonchev–Trinajstić information content (AvgIpc) is 2.37. The van der Waals surface area contributed by atoms with Crippen LogP contribution in [0.4, 0.5) is 18.9 Å². The summed E-state index contributed by atoms with van der Waals surface area (Å²) in [7, 11) is 0. The number of nitrogens with zero attached hydrogens (tertiary/aromatic N) is 1. The maximum Gasteiger partial charge on any atom is 0.196 e. The van der Waals surface area contributed by atoms with Crippen LogP contribution in [0.25, 0.3) is 0 Å². The van der Waals surface area contributed by atoms with Crippen molar-refractivity contribution in [2.45, 2.75) is 25.8 Å². The Kier molecular flexibility index (Phi) is 4.11. The monoisotopic (exact) mass is 258 g/mol. The summed E-state index contributed by atoms with van der Waals surface area (Å²) in [6, 6.07) is 2.56. The molecule has 1 N–H and O–H groups in total. The van der Waals surface area contributed by atoms with Gasteiger partial charge in [-0.05, 0) is 31.5 Å². The molecule has 1 unspecified atom stereocenters. The smallest absolute Gasteiger partial charge is 0.196 e. The van der Waals surface area contributed by atoms with Crippen LogP contribution in [0.15, 0.2) is 12.1 Å². The highest BCUT2D eigenvalue weighted by molar-refractivity contribution is 5.49. The van der Waals surface area contributed by atoms with Crippen molar-refractivity contribution in [3.8, 4) is 0 Å². The second-order valence-corrected chi connectivity index (χ2v) is 4.54. The van der Waals surface area contributed by atoms with Gasteiger partial charge < -0.3 is 10.2 Å². The van der Waals surface area contributed by atoms with Crippen molar-refractivity contribution in [3.05, 3.63) is 29.6 Å². The van der Waals surface area contributed by atoms with Gasteiger partial charge in [-0.25, -0.2) is 13.2 Å². The third-order valence-electron chi connectivity index (χ3n) is 3.27. The van der Waals surface area contributed by atoms with Crippen molar-refractivity contribution < 1.29 is 13.2 Å². The fourth-order valence-corrected chi connectivity index (χ4v) is 2.41. The number of nitrogens with one attached hydrogen (secondary N) is 1. The zero-order valence-electron chi connectivity index (χ0n) is 10.3. The van der Waals surface area contributed by atoms with E-state index in [1.54, 1.807) is 4.90 Å². The zero-order valence-corrected chi connectivity index (χ0v) is 10.3. The lowest BCUT2D eigenvalue weighted by Crippen LogP contribution is -2.46. The van der Waals surface area contributed by atoms with E-state index in [-0.39, 0.29) is 11.7 Å². The van der Waals surface area contributed by atoms with Gasteiger partial charge in [0.2, 0.25) is 0 Å². The van der Waals surface area contributed by atoms with Crippen molar-refractivity contribution in [2.75, 3.05) is 24.5 Å². The van der Waals surface area contributed by atoms with Gasteiger partial charge >= 0.3 is 0 Å². The normalized spacial score (nSPS) is 20.2. The van der Waals surface area contributed by atoms with E-state index >= 15 is 0 Å². The van der Waals surface area contributed by atoms with Crippen LogP contribution < -0.4 is 10.2 Å². The van der Waals surface area contributed by atoms with Gasteiger partial charge in [0.15, 0.2) is 17.5 Å². The molecule has 1 heterocycles. The van der Waals surface area contributed by atoms with E-state index in [4.69, 9.17) is 0 Å². The first-order valence-electron chi connectivity index (χ1n) is 6.25. The van der Waals surface area contributed by atoms with E-state index in [0.29, 0.717) is 13.1 Å². The maximum absolute atomic E-state index is 13.7. The molecular formula is C13H17F3N2. The number of hydrogen-bond acceptors (Lipinski definition) is 2. The highest BCUT2D eigenvalue weighted by Gasteiger charge is 2.23. The lowest BCUT2D eigenvalue weighted by Gasteiger charge is -2.35. The molecule has 2 nitrogen and oxygen atoms in total. The van der Waals surface area contributed by atoms with E-state index in [9.17, 15) is 13.2 Å². The summed E-state index contributed by atoms with van der Waals surface area (Å²) in [6.45, 7) is 4.15. The molecule has 0 aromatic heterocycles. The minimum Gasteiger partial charge on any atom is -0.368 e. The lowest BCUT2D eigenvalue weighted by atomic mass is 10.0. The Hall–Kier alpha value is -1.23. The van der Waals surface area contributed by atoms with Gasteiger partial charge in [-0.1, -0.05) is 6.92 Å². The highest BCUT2D eigenvalue weighted by atomic mass is 19.2. The maximum atomic E-state index is 13.7. The number of rotatable bonds is 3. The van der Waals surface area contributed by atoms with Crippen LogP contribution in [0.5, 0.6) is 0 Å². The molecule has 0 radical (unpaired) electrons. The molecule has 0 saturated carbocycles. The first-order chi connectivity index (χ1) is 8.63. The summed E-state index contributed by atoms with van der Waals surface area (Å²) in [5, 5.41) is 3.30. The standard InChI is InChI=1S/C13H17F3N2/c1-2-17-9-4-3-7-18(8-9)11-6-5-10(14)12(15)13(11)16/h5-6,9,17H,2-4,7-8H2,1H3. The Morgan fingerprint density at radius 3 is 2.78 bits per heavy atom. The van der Waals surface area contributed by atoms with Crippen molar-refractivity contribution in [1.82, 2.24) is 5.32 Å². The summed E-state index contributed by atoms with van der Waals surface area (Å²) in [5.74, 6) is -3.62. The van der Waals surface area contributed by atoms with Crippen LogP contribution in [-0.4, -0.2) is 25.7 Å². The Morgan fingerprint density at radius 2 is 2.06 bits per heavy atom. The van der Waals surface area contributed by atoms with Gasteiger partial charge in [0, 0.05) is 19.1 Å². The molecule has 0 spiro atoms. The number of halogens is 3. The highest BCUT2D eigenvalue weighted by Crippen LogP contribution is 2.26. The molecule has 5 heteroatoms. The van der Waals surface area contributed by atoms with Gasteiger partial charge in [-0.15, -0.1) is 0 Å². The number of benzene rings is 1. The summed E-state index contributed by atoms with van der Waals surface area (Å²) in [6.07, 6.45) is 1.94. The van der Waals surface area contributed by atoms with Crippen LogP contribution in [0.2, 0.25) is 0 Å². The molecule has 0 amide bonds. The molecule has 1 atom stereocenters. The molecule has 1 aromatic rings. The molecule has 0 bridgehead atoms. The second-order valence-electron chi connectivity index (χ2n) is 4.54. The Labute approximate surface area is 105 Å². The minimum atomic E-state index is -1.39. The van der Waals surface area contributed by atoms with E-state index in [1.807, 2.05) is 6.92 Å². The van der Waals surface area contributed by atoms with Gasteiger partial charge in [-0.2, -0.15) is 0 Å². The summed E-state index contributed by atoms with van der Waals surface area (Å²) < 4.78 is 39.8. The zero-order chi connectivity index (χ0) is 13.1. The van der Waals surface area contributed by atoms with Gasteiger partial charge in [0.05, 0.1) is 5.69 Å². The topological polar surface area (TPSA) is 15.3 Å². The van der Waals surface area contributed by atoms with Crippen LogP contribution >= 0.6 is 0 Å². The SMILES string of the molecule is CCNC1CCCN(c2ccc(F)c(F)c2F)C1. The summed E-state index contributed by atoms with van der Waals surface area (Å²) in [4.78, 5) is 1.77. The van der Waals surface area contributed by atoms with Crippen molar-refractivity contribution >= 4 is 5.69 Å². The molecule has 1 aliphatic rings. The molecule has 1 aliphatic heterocycles. The largest absolute Gasteiger partial charge is 0.368 e. The van der Waals surface area contributed by atoms with Gasteiger partial charge in [0.25, 0.3) is 0 Å². The van der Waals surface area contributed by atoms with Crippen LogP contribution in [0.3, 0.4) is 0 Å². The predicted molar refractivity (Wildman–Crippen MR) is 65.2 cm³/mol. The fraction of sp³-hybridized carbons (Fsp3) is 0.538. The lowest BCUT2D eigenvalue weighted by molar-refractivity contribution is 0.417. The van der Waals surface area contributed by atoms with E-state index in [0.717, 1.165) is 25.5 Å².